The molecular weight excluding hydrogens is 462 g/mol. The Labute approximate surface area is 198 Å². The zero-order chi connectivity index (χ0) is 24.7. The molecule has 1 saturated heterocycles. The Kier molecular flexibility index (Phi) is 8.61. The minimum absolute atomic E-state index is 0.00629. The third-order valence-corrected chi connectivity index (χ3v) is 7.35. The molecule has 1 unspecified atom stereocenters. The highest BCUT2D eigenvalue weighted by atomic mass is 32.2. The van der Waals surface area contributed by atoms with Crippen LogP contribution in [0.2, 0.25) is 0 Å². The van der Waals surface area contributed by atoms with E-state index in [2.05, 4.69) is 4.72 Å². The molecule has 0 aromatic heterocycles. The number of hydrogen-bond acceptors (Lipinski definition) is 7. The molecule has 3 rings (SSSR count). The number of nitrogens with one attached hydrogen (secondary N) is 2. The van der Waals surface area contributed by atoms with Crippen LogP contribution in [0, 0.1) is 5.92 Å². The molecule has 2 aromatic carbocycles. The number of piperidine rings is 1. The van der Waals surface area contributed by atoms with Gasteiger partial charge in [0.1, 0.15) is 18.4 Å². The highest BCUT2D eigenvalue weighted by Crippen LogP contribution is 2.26. The molecule has 0 saturated carbocycles. The van der Waals surface area contributed by atoms with Crippen LogP contribution in [0.3, 0.4) is 0 Å². The number of ether oxygens (including phenoxy) is 2. The maximum atomic E-state index is 13.0. The van der Waals surface area contributed by atoms with E-state index in [0.717, 1.165) is 11.1 Å². The summed E-state index contributed by atoms with van der Waals surface area (Å²) in [5.41, 5.74) is 3.27. The molecule has 1 atom stereocenters. The van der Waals surface area contributed by atoms with Crippen molar-refractivity contribution < 1.29 is 32.7 Å². The monoisotopic (exact) mass is 491 g/mol. The topological polar surface area (TPSA) is 134 Å². The van der Waals surface area contributed by atoms with Crippen molar-refractivity contribution in [2.45, 2.75) is 23.8 Å². The molecule has 184 valence electrons. The van der Waals surface area contributed by atoms with Crippen molar-refractivity contribution in [1.82, 2.24) is 15.1 Å². The lowest BCUT2D eigenvalue weighted by molar-refractivity contribution is -0.137. The Hall–Kier alpha value is -2.99. The normalized spacial score (nSPS) is 15.6. The van der Waals surface area contributed by atoms with Gasteiger partial charge in [-0.25, -0.2) is 13.9 Å². The standard InChI is InChI=1S/C23H29N3O7S/c1-32-15-21(27)26-13-11-18(12-14-26)22(23(28)24-29)25-34(30,31)20-9-5-17(6-10-20)16-3-7-19(33-2)8-4-16/h3-10,18,22,25,29H,11-15H2,1-2H3,(H,24,28). The van der Waals surface area contributed by atoms with Gasteiger partial charge in [-0.15, -0.1) is 0 Å². The summed E-state index contributed by atoms with van der Waals surface area (Å²) >= 11 is 0. The lowest BCUT2D eigenvalue weighted by Crippen LogP contribution is -2.53. The molecule has 0 bridgehead atoms. The number of likely N-dealkylation sites (tertiary alicyclic amines) is 1. The summed E-state index contributed by atoms with van der Waals surface area (Å²) in [6.45, 7) is 0.686. The number of hydroxylamine groups is 1. The molecule has 2 amide bonds. The molecule has 1 aliphatic heterocycles. The van der Waals surface area contributed by atoms with E-state index < -0.39 is 27.9 Å². The molecule has 0 radical (unpaired) electrons. The maximum absolute atomic E-state index is 13.0. The van der Waals surface area contributed by atoms with Crippen LogP contribution in [0.1, 0.15) is 12.8 Å². The summed E-state index contributed by atoms with van der Waals surface area (Å²) in [5, 5.41) is 9.19. The second-order valence-corrected chi connectivity index (χ2v) is 9.69. The number of hydrogen-bond donors (Lipinski definition) is 3. The predicted octanol–water partition coefficient (Wildman–Crippen LogP) is 1.40. The van der Waals surface area contributed by atoms with E-state index in [-0.39, 0.29) is 17.4 Å². The summed E-state index contributed by atoms with van der Waals surface area (Å²) < 4.78 is 38.5. The zero-order valence-electron chi connectivity index (χ0n) is 19.1. The predicted molar refractivity (Wildman–Crippen MR) is 124 cm³/mol. The van der Waals surface area contributed by atoms with Crippen LogP contribution in [-0.4, -0.2) is 70.3 Å². The van der Waals surface area contributed by atoms with Crippen molar-refractivity contribution >= 4 is 21.8 Å². The summed E-state index contributed by atoms with van der Waals surface area (Å²) in [7, 11) is -1.04. The summed E-state index contributed by atoms with van der Waals surface area (Å²) in [6, 6.07) is 12.5. The van der Waals surface area contributed by atoms with Crippen molar-refractivity contribution in [2.24, 2.45) is 5.92 Å². The first-order chi connectivity index (χ1) is 16.3. The largest absolute Gasteiger partial charge is 0.497 e. The molecule has 10 nitrogen and oxygen atoms in total. The van der Waals surface area contributed by atoms with Gasteiger partial charge in [-0.05, 0) is 54.2 Å². The number of amides is 2. The quantitative estimate of drug-likeness (QED) is 0.357. The fourth-order valence-electron chi connectivity index (χ4n) is 3.98. The SMILES string of the molecule is COCC(=O)N1CCC(C(NS(=O)(=O)c2ccc(-c3ccc(OC)cc3)cc2)C(=O)NO)CC1. The average Bonchev–Trinajstić information content (AvgIpc) is 2.87. The van der Waals surface area contributed by atoms with Crippen LogP contribution >= 0.6 is 0 Å². The Morgan fingerprint density at radius 2 is 1.59 bits per heavy atom. The Balaban J connectivity index is 1.72. The number of sulfonamides is 1. The van der Waals surface area contributed by atoms with E-state index in [1.165, 1.54) is 19.2 Å². The lowest BCUT2D eigenvalue weighted by Gasteiger charge is -2.35. The van der Waals surface area contributed by atoms with E-state index >= 15 is 0 Å². The Bertz CT molecular complexity index is 1080. The van der Waals surface area contributed by atoms with Crippen LogP contribution in [0.5, 0.6) is 5.75 Å². The van der Waals surface area contributed by atoms with Crippen molar-refractivity contribution in [3.8, 4) is 16.9 Å². The molecule has 11 heteroatoms. The van der Waals surface area contributed by atoms with E-state index in [1.54, 1.807) is 29.6 Å². The third kappa shape index (κ3) is 6.11. The van der Waals surface area contributed by atoms with Crippen LogP contribution in [0.15, 0.2) is 53.4 Å². The molecule has 1 heterocycles. The van der Waals surface area contributed by atoms with Gasteiger partial charge in [0.15, 0.2) is 0 Å². The van der Waals surface area contributed by atoms with Crippen molar-refractivity contribution in [3.05, 3.63) is 48.5 Å². The number of carbonyl (C=O) groups excluding carboxylic acids is 2. The van der Waals surface area contributed by atoms with Gasteiger partial charge in [-0.2, -0.15) is 4.72 Å². The lowest BCUT2D eigenvalue weighted by atomic mass is 9.89. The number of methoxy groups -OCH3 is 2. The molecule has 3 N–H and O–H groups in total. The zero-order valence-corrected chi connectivity index (χ0v) is 19.9. The number of carbonyl (C=O) groups is 2. The summed E-state index contributed by atoms with van der Waals surface area (Å²) in [6.07, 6.45) is 0.791. The van der Waals surface area contributed by atoms with E-state index in [9.17, 15) is 23.2 Å². The Morgan fingerprint density at radius 3 is 2.09 bits per heavy atom. The first-order valence-corrected chi connectivity index (χ1v) is 12.2. The summed E-state index contributed by atoms with van der Waals surface area (Å²) in [5.74, 6) is -0.692. The molecule has 0 aliphatic carbocycles. The van der Waals surface area contributed by atoms with E-state index in [1.807, 2.05) is 24.3 Å². The fourth-order valence-corrected chi connectivity index (χ4v) is 5.24. The fraction of sp³-hybridized carbons (Fsp3) is 0.391. The number of rotatable bonds is 9. The van der Waals surface area contributed by atoms with Crippen molar-refractivity contribution in [1.29, 1.82) is 0 Å². The van der Waals surface area contributed by atoms with Crippen LogP contribution < -0.4 is 14.9 Å². The maximum Gasteiger partial charge on any atom is 0.261 e. The van der Waals surface area contributed by atoms with Crippen molar-refractivity contribution in [3.63, 3.8) is 0 Å². The minimum Gasteiger partial charge on any atom is -0.497 e. The van der Waals surface area contributed by atoms with Gasteiger partial charge >= 0.3 is 0 Å². The Morgan fingerprint density at radius 1 is 1.03 bits per heavy atom. The minimum atomic E-state index is -4.05. The second-order valence-electron chi connectivity index (χ2n) is 7.98. The molecule has 0 spiro atoms. The molecule has 2 aromatic rings. The van der Waals surface area contributed by atoms with Gasteiger partial charge in [0, 0.05) is 20.2 Å². The number of benzene rings is 2. The van der Waals surface area contributed by atoms with Gasteiger partial charge in [-0.1, -0.05) is 24.3 Å². The van der Waals surface area contributed by atoms with Gasteiger partial charge in [-0.3, -0.25) is 14.8 Å². The van der Waals surface area contributed by atoms with E-state index in [0.29, 0.717) is 31.7 Å². The molecule has 34 heavy (non-hydrogen) atoms. The van der Waals surface area contributed by atoms with Crippen LogP contribution in [0.4, 0.5) is 0 Å². The average molecular weight is 492 g/mol. The molecule has 1 aliphatic rings. The van der Waals surface area contributed by atoms with Crippen molar-refractivity contribution in [2.75, 3.05) is 33.9 Å². The third-order valence-electron chi connectivity index (χ3n) is 5.89. The van der Waals surface area contributed by atoms with Gasteiger partial charge in [0.2, 0.25) is 15.9 Å². The van der Waals surface area contributed by atoms with Gasteiger partial charge in [0.05, 0.1) is 12.0 Å². The first kappa shape index (κ1) is 25.6. The molecule has 1 fully saturated rings. The van der Waals surface area contributed by atoms with E-state index in [4.69, 9.17) is 9.47 Å². The highest BCUT2D eigenvalue weighted by Gasteiger charge is 2.35. The summed E-state index contributed by atoms with van der Waals surface area (Å²) in [4.78, 5) is 25.9. The van der Waals surface area contributed by atoms with Crippen LogP contribution in [0.25, 0.3) is 11.1 Å². The van der Waals surface area contributed by atoms with Crippen LogP contribution in [-0.2, 0) is 24.3 Å². The smallest absolute Gasteiger partial charge is 0.261 e. The first-order valence-electron chi connectivity index (χ1n) is 10.8. The highest BCUT2D eigenvalue weighted by molar-refractivity contribution is 7.89. The van der Waals surface area contributed by atoms with Gasteiger partial charge < -0.3 is 14.4 Å². The number of nitrogens with zero attached hydrogens (tertiary/aromatic N) is 1. The second kappa shape index (κ2) is 11.4. The van der Waals surface area contributed by atoms with Gasteiger partial charge in [0.25, 0.3) is 5.91 Å². The molecular formula is C23H29N3O7S.